The van der Waals surface area contributed by atoms with Gasteiger partial charge in [0.05, 0.1) is 51.8 Å². The third-order valence-corrected chi connectivity index (χ3v) is 9.84. The Morgan fingerprint density at radius 3 is 1.26 bits per heavy atom. The fraction of sp³-hybridized carbons (Fsp3) is 1.00. The van der Waals surface area contributed by atoms with E-state index >= 15 is 0 Å². The summed E-state index contributed by atoms with van der Waals surface area (Å²) in [5, 5.41) is 0. The van der Waals surface area contributed by atoms with Gasteiger partial charge in [-0.1, -0.05) is 27.7 Å². The number of hydrogen-bond donors (Lipinski definition) is 0. The molecule has 0 amide bonds. The highest BCUT2D eigenvalue weighted by molar-refractivity contribution is 4.92. The van der Waals surface area contributed by atoms with Crippen molar-refractivity contribution in [3.8, 4) is 0 Å². The Morgan fingerprint density at radius 1 is 0.645 bits per heavy atom. The third-order valence-electron chi connectivity index (χ3n) is 9.84. The Morgan fingerprint density at radius 2 is 1.00 bits per heavy atom. The zero-order valence-electron chi connectivity index (χ0n) is 20.8. The lowest BCUT2D eigenvalue weighted by molar-refractivity contribution is -0.167. The van der Waals surface area contributed by atoms with Gasteiger partial charge in [-0.3, -0.25) is 0 Å². The minimum Gasteiger partial charge on any atom is -0.380 e. The van der Waals surface area contributed by atoms with Crippen molar-refractivity contribution in [3.63, 3.8) is 0 Å². The van der Waals surface area contributed by atoms with Gasteiger partial charge in [0.25, 0.3) is 0 Å². The quantitative estimate of drug-likeness (QED) is 0.420. The van der Waals surface area contributed by atoms with Crippen LogP contribution in [0.1, 0.15) is 91.9 Å². The maximum atomic E-state index is 6.37. The van der Waals surface area contributed by atoms with Gasteiger partial charge in [-0.05, 0) is 81.5 Å². The van der Waals surface area contributed by atoms with Crippen molar-refractivity contribution in [1.29, 1.82) is 0 Å². The van der Waals surface area contributed by atoms with E-state index in [1.165, 1.54) is 64.2 Å². The normalized spacial score (nSPS) is 35.2. The third kappa shape index (κ3) is 5.34. The second-order valence-electron chi connectivity index (χ2n) is 12.1. The molecular formula is C27H48O4. The van der Waals surface area contributed by atoms with Crippen LogP contribution < -0.4 is 0 Å². The van der Waals surface area contributed by atoms with E-state index in [0.29, 0.717) is 28.5 Å². The molecule has 0 aromatic rings. The van der Waals surface area contributed by atoms with Crippen LogP contribution in [0, 0.1) is 28.1 Å². The minimum absolute atomic E-state index is 0.319. The van der Waals surface area contributed by atoms with Gasteiger partial charge < -0.3 is 18.9 Å². The standard InChI is InChI=1S/C27H48O4/c1-5-26(15-28-16-26)19-30-23-11-7-21(8-12-23)25(3,4)22-9-13-24(14-10-22)31-20-27(6-2)17-29-18-27/h21-24H,5-20H2,1-4H3. The first-order valence-corrected chi connectivity index (χ1v) is 13.3. The Kier molecular flexibility index (Phi) is 7.73. The zero-order chi connectivity index (χ0) is 22.0. The minimum atomic E-state index is 0.319. The van der Waals surface area contributed by atoms with E-state index in [2.05, 4.69) is 27.7 Å². The largest absolute Gasteiger partial charge is 0.380 e. The number of ether oxygens (including phenoxy) is 4. The molecule has 4 aliphatic rings. The lowest BCUT2D eigenvalue weighted by Crippen LogP contribution is -2.47. The fourth-order valence-electron chi connectivity index (χ4n) is 6.43. The molecule has 2 saturated heterocycles. The second kappa shape index (κ2) is 9.99. The molecule has 2 aliphatic heterocycles. The lowest BCUT2D eigenvalue weighted by atomic mass is 9.60. The summed E-state index contributed by atoms with van der Waals surface area (Å²) in [6.07, 6.45) is 13.6. The summed E-state index contributed by atoms with van der Waals surface area (Å²) < 4.78 is 23.7. The molecule has 0 aromatic carbocycles. The van der Waals surface area contributed by atoms with Gasteiger partial charge in [0.15, 0.2) is 0 Å². The first-order chi connectivity index (χ1) is 14.9. The van der Waals surface area contributed by atoms with Crippen LogP contribution in [0.2, 0.25) is 0 Å². The van der Waals surface area contributed by atoms with E-state index in [9.17, 15) is 0 Å². The van der Waals surface area contributed by atoms with Crippen molar-refractivity contribution in [2.45, 2.75) is 104 Å². The molecule has 0 bridgehead atoms. The maximum Gasteiger partial charge on any atom is 0.0575 e. The van der Waals surface area contributed by atoms with E-state index in [1.54, 1.807) is 0 Å². The van der Waals surface area contributed by atoms with Crippen LogP contribution in [-0.2, 0) is 18.9 Å². The number of hydrogen-bond acceptors (Lipinski definition) is 4. The molecule has 0 N–H and O–H groups in total. The van der Waals surface area contributed by atoms with Crippen LogP contribution in [0.25, 0.3) is 0 Å². The molecule has 4 fully saturated rings. The molecular weight excluding hydrogens is 388 g/mol. The van der Waals surface area contributed by atoms with Crippen molar-refractivity contribution < 1.29 is 18.9 Å². The van der Waals surface area contributed by atoms with Gasteiger partial charge in [0.1, 0.15) is 0 Å². The van der Waals surface area contributed by atoms with E-state index in [4.69, 9.17) is 18.9 Å². The summed E-state index contributed by atoms with van der Waals surface area (Å²) in [7, 11) is 0. The van der Waals surface area contributed by atoms with E-state index in [1.807, 2.05) is 0 Å². The van der Waals surface area contributed by atoms with Crippen LogP contribution in [-0.4, -0.2) is 51.8 Å². The monoisotopic (exact) mass is 436 g/mol. The van der Waals surface area contributed by atoms with Crippen molar-refractivity contribution in [2.75, 3.05) is 39.6 Å². The van der Waals surface area contributed by atoms with Crippen LogP contribution in [0.5, 0.6) is 0 Å². The topological polar surface area (TPSA) is 36.9 Å². The van der Waals surface area contributed by atoms with E-state index in [0.717, 1.165) is 51.5 Å². The molecule has 0 atom stereocenters. The van der Waals surface area contributed by atoms with Gasteiger partial charge in [-0.25, -0.2) is 0 Å². The molecule has 4 heteroatoms. The van der Waals surface area contributed by atoms with Crippen molar-refractivity contribution in [3.05, 3.63) is 0 Å². The SMILES string of the molecule is CCC1(COC2CCC(C(C)(C)C3CCC(OCC4(CC)COC4)CC3)CC2)COC1. The number of rotatable bonds is 10. The van der Waals surface area contributed by atoms with E-state index in [-0.39, 0.29) is 0 Å². The Hall–Kier alpha value is -0.160. The summed E-state index contributed by atoms with van der Waals surface area (Å²) >= 11 is 0. The summed E-state index contributed by atoms with van der Waals surface area (Å²) in [5.41, 5.74) is 1.08. The predicted molar refractivity (Wildman–Crippen MR) is 124 cm³/mol. The van der Waals surface area contributed by atoms with Gasteiger partial charge >= 0.3 is 0 Å². The highest BCUT2D eigenvalue weighted by Crippen LogP contribution is 2.49. The summed E-state index contributed by atoms with van der Waals surface area (Å²) in [4.78, 5) is 0. The average Bonchev–Trinajstić information content (AvgIpc) is 2.73. The molecule has 0 radical (unpaired) electrons. The summed E-state index contributed by atoms with van der Waals surface area (Å²) in [6.45, 7) is 15.0. The van der Waals surface area contributed by atoms with Crippen LogP contribution in [0.4, 0.5) is 0 Å². The van der Waals surface area contributed by atoms with Gasteiger partial charge in [0, 0.05) is 10.8 Å². The average molecular weight is 437 g/mol. The Labute approximate surface area is 191 Å². The summed E-state index contributed by atoms with van der Waals surface area (Å²) in [5.74, 6) is 1.69. The van der Waals surface area contributed by atoms with Crippen LogP contribution >= 0.6 is 0 Å². The first-order valence-electron chi connectivity index (χ1n) is 13.3. The smallest absolute Gasteiger partial charge is 0.0575 e. The highest BCUT2D eigenvalue weighted by Gasteiger charge is 2.43. The van der Waals surface area contributed by atoms with Crippen LogP contribution in [0.15, 0.2) is 0 Å². The predicted octanol–water partition coefficient (Wildman–Crippen LogP) is 6.02. The molecule has 31 heavy (non-hydrogen) atoms. The van der Waals surface area contributed by atoms with Crippen molar-refractivity contribution in [2.24, 2.45) is 28.1 Å². The molecule has 0 aromatic heterocycles. The molecule has 4 rings (SSSR count). The van der Waals surface area contributed by atoms with Crippen LogP contribution in [0.3, 0.4) is 0 Å². The first kappa shape index (κ1) is 24.0. The molecule has 0 unspecified atom stereocenters. The molecule has 180 valence electrons. The lowest BCUT2D eigenvalue weighted by Gasteiger charge is -2.47. The molecule has 2 heterocycles. The van der Waals surface area contributed by atoms with Gasteiger partial charge in [0.2, 0.25) is 0 Å². The zero-order valence-corrected chi connectivity index (χ0v) is 20.8. The molecule has 0 spiro atoms. The Bertz CT molecular complexity index is 491. The molecule has 2 aliphatic carbocycles. The van der Waals surface area contributed by atoms with Crippen molar-refractivity contribution in [1.82, 2.24) is 0 Å². The second-order valence-corrected chi connectivity index (χ2v) is 12.1. The van der Waals surface area contributed by atoms with Gasteiger partial charge in [-0.15, -0.1) is 0 Å². The van der Waals surface area contributed by atoms with Crippen molar-refractivity contribution >= 4 is 0 Å². The fourth-order valence-corrected chi connectivity index (χ4v) is 6.43. The van der Waals surface area contributed by atoms with Gasteiger partial charge in [-0.2, -0.15) is 0 Å². The maximum absolute atomic E-state index is 6.37. The molecule has 2 saturated carbocycles. The Balaban J connectivity index is 1.17. The molecule has 4 nitrogen and oxygen atoms in total. The summed E-state index contributed by atoms with van der Waals surface area (Å²) in [6, 6.07) is 0. The van der Waals surface area contributed by atoms with E-state index < -0.39 is 0 Å². The highest BCUT2D eigenvalue weighted by atomic mass is 16.5.